The van der Waals surface area contributed by atoms with Gasteiger partial charge in [0.05, 0.1) is 5.70 Å². The van der Waals surface area contributed by atoms with Gasteiger partial charge in [-0.3, -0.25) is 0 Å². The van der Waals surface area contributed by atoms with E-state index in [1.807, 2.05) is 0 Å². The molecular formula is C5H11N3S. The number of rotatable bonds is 4. The molecule has 9 heavy (non-hydrogen) atoms. The summed E-state index contributed by atoms with van der Waals surface area (Å²) in [7, 11) is 0. The maximum atomic E-state index is 5.31. The zero-order valence-corrected chi connectivity index (χ0v) is 5.95. The second kappa shape index (κ2) is 5.53. The van der Waals surface area contributed by atoms with Crippen molar-refractivity contribution in [2.24, 2.45) is 11.5 Å². The maximum Gasteiger partial charge on any atom is 0.0582 e. The van der Waals surface area contributed by atoms with Crippen LogP contribution in [0.4, 0.5) is 0 Å². The largest absolute Gasteiger partial charge is 0.397 e. The lowest BCUT2D eigenvalue weighted by Gasteiger charge is -1.95. The summed E-state index contributed by atoms with van der Waals surface area (Å²) in [5, 5.41) is 4.28. The van der Waals surface area contributed by atoms with Gasteiger partial charge in [-0.05, 0) is 0 Å². The highest BCUT2D eigenvalue weighted by Gasteiger charge is 1.78. The Bertz CT molecular complexity index is 111. The van der Waals surface area contributed by atoms with Crippen LogP contribution in [0.15, 0.2) is 11.9 Å². The van der Waals surface area contributed by atoms with Crippen LogP contribution in [0.3, 0.4) is 0 Å². The Kier molecular flexibility index (Phi) is 5.15. The van der Waals surface area contributed by atoms with Crippen molar-refractivity contribution in [1.82, 2.24) is 5.32 Å². The van der Waals surface area contributed by atoms with E-state index in [0.29, 0.717) is 12.2 Å². The second-order valence-electron chi connectivity index (χ2n) is 1.50. The highest BCUT2D eigenvalue weighted by atomic mass is 32.1. The van der Waals surface area contributed by atoms with E-state index in [-0.39, 0.29) is 0 Å². The summed E-state index contributed by atoms with van der Waals surface area (Å²) in [6, 6.07) is 0. The molecule has 0 bridgehead atoms. The molecule has 0 heterocycles. The lowest BCUT2D eigenvalue weighted by Crippen LogP contribution is -2.18. The van der Waals surface area contributed by atoms with Gasteiger partial charge in [0.1, 0.15) is 0 Å². The molecule has 52 valence electrons. The van der Waals surface area contributed by atoms with Crippen LogP contribution >= 0.6 is 12.2 Å². The highest BCUT2D eigenvalue weighted by molar-refractivity contribution is 7.79. The van der Waals surface area contributed by atoms with Crippen LogP contribution in [0, 0.1) is 0 Å². The van der Waals surface area contributed by atoms with Crippen LogP contribution in [-0.2, 0) is 0 Å². The Labute approximate surface area is 60.1 Å². The predicted molar refractivity (Wildman–Crippen MR) is 43.0 cm³/mol. The number of thiocarbonyl (C=S) groups is 1. The Morgan fingerprint density at radius 1 is 1.67 bits per heavy atom. The van der Waals surface area contributed by atoms with E-state index in [1.165, 1.54) is 5.37 Å². The van der Waals surface area contributed by atoms with Crippen LogP contribution < -0.4 is 16.8 Å². The van der Waals surface area contributed by atoms with E-state index in [9.17, 15) is 0 Å². The first kappa shape index (κ1) is 8.39. The predicted octanol–water partition coefficient (Wildman–Crippen LogP) is -0.666. The van der Waals surface area contributed by atoms with Crippen LogP contribution in [-0.4, -0.2) is 18.5 Å². The van der Waals surface area contributed by atoms with Crippen LogP contribution in [0.2, 0.25) is 0 Å². The molecule has 0 aliphatic rings. The fraction of sp³-hybridized carbons (Fsp3) is 0.400. The van der Waals surface area contributed by atoms with Gasteiger partial charge in [0.15, 0.2) is 0 Å². The first-order chi connectivity index (χ1) is 4.31. The highest BCUT2D eigenvalue weighted by Crippen LogP contribution is 1.71. The average Bonchev–Trinajstić information content (AvgIpc) is 1.89. The summed E-state index contributed by atoms with van der Waals surface area (Å²) in [5.74, 6) is 0. The fourth-order valence-corrected chi connectivity index (χ4v) is 0.375. The minimum Gasteiger partial charge on any atom is -0.397 e. The van der Waals surface area contributed by atoms with Crippen molar-refractivity contribution in [2.45, 2.75) is 0 Å². The molecule has 0 radical (unpaired) electrons. The minimum atomic E-state index is 0.554. The normalized spacial score (nSPS) is 11.0. The van der Waals surface area contributed by atoms with Crippen molar-refractivity contribution in [3.63, 3.8) is 0 Å². The first-order valence-electron chi connectivity index (χ1n) is 2.65. The summed E-state index contributed by atoms with van der Waals surface area (Å²) in [6.45, 7) is 1.32. The molecule has 0 aromatic carbocycles. The van der Waals surface area contributed by atoms with Crippen LogP contribution in [0.25, 0.3) is 0 Å². The van der Waals surface area contributed by atoms with E-state index in [2.05, 4.69) is 17.5 Å². The van der Waals surface area contributed by atoms with Crippen LogP contribution in [0.5, 0.6) is 0 Å². The molecule has 0 aromatic rings. The molecule has 0 spiro atoms. The smallest absolute Gasteiger partial charge is 0.0582 e. The van der Waals surface area contributed by atoms with Gasteiger partial charge in [0, 0.05) is 24.7 Å². The molecule has 0 amide bonds. The van der Waals surface area contributed by atoms with Crippen molar-refractivity contribution in [3.8, 4) is 0 Å². The number of nitrogens with one attached hydrogen (secondary N) is 1. The Morgan fingerprint density at radius 2 is 2.33 bits per heavy atom. The first-order valence-corrected chi connectivity index (χ1v) is 3.12. The molecule has 0 fully saturated rings. The van der Waals surface area contributed by atoms with Gasteiger partial charge >= 0.3 is 0 Å². The molecule has 0 rings (SSSR count). The molecule has 0 saturated heterocycles. The lowest BCUT2D eigenvalue weighted by atomic mass is 10.5. The second-order valence-corrected chi connectivity index (χ2v) is 1.74. The molecule has 5 N–H and O–H groups in total. The molecule has 4 heteroatoms. The Balaban J connectivity index is 3.31. The third-order valence-corrected chi connectivity index (χ3v) is 0.966. The molecule has 0 aromatic heterocycles. The summed E-state index contributed by atoms with van der Waals surface area (Å²) < 4.78 is 0. The molecule has 0 atom stereocenters. The molecule has 0 saturated carbocycles. The van der Waals surface area contributed by atoms with Gasteiger partial charge in [-0.15, -0.1) is 0 Å². The topological polar surface area (TPSA) is 64.1 Å². The molecule has 0 aliphatic carbocycles. The maximum absolute atomic E-state index is 5.31. The van der Waals surface area contributed by atoms with E-state index < -0.39 is 0 Å². The van der Waals surface area contributed by atoms with E-state index in [4.69, 9.17) is 11.5 Å². The third-order valence-electron chi connectivity index (χ3n) is 0.693. The van der Waals surface area contributed by atoms with E-state index >= 15 is 0 Å². The molecule has 0 aliphatic heterocycles. The van der Waals surface area contributed by atoms with E-state index in [0.717, 1.165) is 6.54 Å². The van der Waals surface area contributed by atoms with Gasteiger partial charge in [0.2, 0.25) is 0 Å². The number of allylic oxidation sites excluding steroid dienone is 1. The fourth-order valence-electron chi connectivity index (χ4n) is 0.307. The average molecular weight is 145 g/mol. The van der Waals surface area contributed by atoms with Gasteiger partial charge in [-0.25, -0.2) is 0 Å². The van der Waals surface area contributed by atoms with Crippen molar-refractivity contribution in [1.29, 1.82) is 0 Å². The summed E-state index contributed by atoms with van der Waals surface area (Å²) in [4.78, 5) is 0. The van der Waals surface area contributed by atoms with Gasteiger partial charge < -0.3 is 16.8 Å². The SMILES string of the molecule is NCCNC=C(N)C=S. The van der Waals surface area contributed by atoms with Gasteiger partial charge in [-0.1, -0.05) is 12.2 Å². The number of hydrogen-bond acceptors (Lipinski definition) is 4. The van der Waals surface area contributed by atoms with Crippen molar-refractivity contribution >= 4 is 17.6 Å². The standard InChI is InChI=1S/C5H11N3S/c6-1-2-8-3-5(7)4-9/h3-4,8H,1-2,6-7H2. The van der Waals surface area contributed by atoms with Crippen molar-refractivity contribution in [3.05, 3.63) is 11.9 Å². The zero-order valence-electron chi connectivity index (χ0n) is 5.13. The molecule has 0 unspecified atom stereocenters. The Hall–Kier alpha value is -0.610. The van der Waals surface area contributed by atoms with Crippen molar-refractivity contribution < 1.29 is 0 Å². The van der Waals surface area contributed by atoms with Crippen molar-refractivity contribution in [2.75, 3.05) is 13.1 Å². The zero-order chi connectivity index (χ0) is 7.11. The van der Waals surface area contributed by atoms with E-state index in [1.54, 1.807) is 6.20 Å². The number of hydrogen-bond donors (Lipinski definition) is 3. The summed E-state index contributed by atoms with van der Waals surface area (Å²) in [6.07, 6.45) is 1.64. The Morgan fingerprint density at radius 3 is 2.78 bits per heavy atom. The van der Waals surface area contributed by atoms with Crippen LogP contribution in [0.1, 0.15) is 0 Å². The summed E-state index contributed by atoms with van der Waals surface area (Å²) in [5.41, 5.74) is 11.1. The monoisotopic (exact) mass is 145 g/mol. The number of nitrogens with two attached hydrogens (primary N) is 2. The summed E-state index contributed by atoms with van der Waals surface area (Å²) >= 11 is 4.53. The molecular weight excluding hydrogens is 134 g/mol. The van der Waals surface area contributed by atoms with Gasteiger partial charge in [-0.2, -0.15) is 0 Å². The minimum absolute atomic E-state index is 0.554. The van der Waals surface area contributed by atoms with Gasteiger partial charge in [0.25, 0.3) is 0 Å². The third kappa shape index (κ3) is 5.26. The quantitative estimate of drug-likeness (QED) is 0.279. The molecule has 3 nitrogen and oxygen atoms in total. The lowest BCUT2D eigenvalue weighted by molar-refractivity contribution is 0.838.